The van der Waals surface area contributed by atoms with E-state index in [4.69, 9.17) is 10.1 Å². The van der Waals surface area contributed by atoms with Crippen molar-refractivity contribution in [1.29, 1.82) is 5.41 Å². The number of nitrogens with zero attached hydrogens (tertiary/aromatic N) is 2. The van der Waals surface area contributed by atoms with Crippen LogP contribution in [0.1, 0.15) is 59.4 Å². The van der Waals surface area contributed by atoms with E-state index in [1.165, 1.54) is 16.7 Å². The highest BCUT2D eigenvalue weighted by molar-refractivity contribution is 8.15. The van der Waals surface area contributed by atoms with Gasteiger partial charge in [-0.2, -0.15) is 0 Å². The van der Waals surface area contributed by atoms with E-state index in [2.05, 4.69) is 0 Å². The topological polar surface area (TPSA) is 73.7 Å². The lowest BCUT2D eigenvalue weighted by molar-refractivity contribution is -0.115. The first-order valence-electron chi connectivity index (χ1n) is 9.24. The van der Waals surface area contributed by atoms with Crippen LogP contribution in [0.4, 0.5) is 16.2 Å². The number of hydrogen-bond donors (Lipinski definition) is 1. The molecule has 2 rings (SSSR count). The van der Waals surface area contributed by atoms with Crippen molar-refractivity contribution in [3.05, 3.63) is 23.8 Å². The van der Waals surface area contributed by atoms with Gasteiger partial charge in [-0.05, 0) is 50.8 Å². The second-order valence-corrected chi connectivity index (χ2v) is 8.82. The summed E-state index contributed by atoms with van der Waals surface area (Å²) in [5, 5.41) is 8.36. The molecular weight excluding hydrogens is 362 g/mol. The fraction of sp³-hybridized carbons (Fsp3) is 0.550. The third kappa shape index (κ3) is 5.03. The van der Waals surface area contributed by atoms with Crippen LogP contribution in [0.2, 0.25) is 0 Å². The molecule has 7 heteroatoms. The number of benzene rings is 1. The number of amidine groups is 1. The number of carbonyl (C=O) groups excluding carboxylic acids is 2. The van der Waals surface area contributed by atoms with E-state index in [0.29, 0.717) is 17.9 Å². The van der Waals surface area contributed by atoms with Crippen molar-refractivity contribution in [3.63, 3.8) is 0 Å². The van der Waals surface area contributed by atoms with Crippen molar-refractivity contribution in [1.82, 2.24) is 0 Å². The third-order valence-corrected chi connectivity index (χ3v) is 4.88. The maximum atomic E-state index is 12.7. The van der Waals surface area contributed by atoms with Crippen molar-refractivity contribution < 1.29 is 14.3 Å². The number of hydrogen-bond acceptors (Lipinski definition) is 5. The zero-order chi connectivity index (χ0) is 20.4. The fourth-order valence-electron chi connectivity index (χ4n) is 2.86. The molecule has 0 aromatic heterocycles. The molecule has 148 valence electrons. The average Bonchev–Trinajstić information content (AvgIpc) is 2.89. The van der Waals surface area contributed by atoms with Crippen LogP contribution in [0.15, 0.2) is 18.2 Å². The standard InChI is InChI=1S/C20H29N3O3S/c1-7-10-22(19(25)26-20(4,5)6)14-8-9-15(13(2)3)16(11-14)23-17(24)12-27-18(23)21/h8-9,11,13,21H,7,10,12H2,1-6H3. The number of amides is 2. The van der Waals surface area contributed by atoms with Gasteiger partial charge in [0.25, 0.3) is 0 Å². The van der Waals surface area contributed by atoms with Crippen LogP contribution in [0.5, 0.6) is 0 Å². The zero-order valence-corrected chi connectivity index (χ0v) is 17.8. The second kappa shape index (κ2) is 8.33. The number of carbonyl (C=O) groups is 2. The lowest BCUT2D eigenvalue weighted by Crippen LogP contribution is -2.37. The Morgan fingerprint density at radius 1 is 1.37 bits per heavy atom. The predicted molar refractivity (Wildman–Crippen MR) is 112 cm³/mol. The predicted octanol–water partition coefficient (Wildman–Crippen LogP) is 4.98. The Bertz CT molecular complexity index is 724. The number of anilines is 2. The van der Waals surface area contributed by atoms with Crippen LogP contribution < -0.4 is 9.80 Å². The quantitative estimate of drug-likeness (QED) is 0.768. The molecule has 1 heterocycles. The van der Waals surface area contributed by atoms with Crippen LogP contribution in [-0.2, 0) is 9.53 Å². The molecule has 0 spiro atoms. The lowest BCUT2D eigenvalue weighted by atomic mass is 9.99. The summed E-state index contributed by atoms with van der Waals surface area (Å²) in [4.78, 5) is 28.1. The van der Waals surface area contributed by atoms with Crippen molar-refractivity contribution in [2.24, 2.45) is 0 Å². The summed E-state index contributed by atoms with van der Waals surface area (Å²) >= 11 is 1.22. The average molecular weight is 392 g/mol. The Kier molecular flexibility index (Phi) is 6.57. The van der Waals surface area contributed by atoms with Gasteiger partial charge in [-0.15, -0.1) is 0 Å². The minimum Gasteiger partial charge on any atom is -0.443 e. The fourth-order valence-corrected chi connectivity index (χ4v) is 3.58. The minimum absolute atomic E-state index is 0.108. The first-order chi connectivity index (χ1) is 12.5. The molecule has 1 fully saturated rings. The summed E-state index contributed by atoms with van der Waals surface area (Å²) in [5.41, 5.74) is 1.73. The van der Waals surface area contributed by atoms with E-state index in [0.717, 1.165) is 12.0 Å². The van der Waals surface area contributed by atoms with Crippen molar-refractivity contribution in [3.8, 4) is 0 Å². The van der Waals surface area contributed by atoms with Gasteiger partial charge < -0.3 is 4.74 Å². The number of thioether (sulfide) groups is 1. The first kappa shape index (κ1) is 21.3. The SMILES string of the molecule is CCCN(C(=O)OC(C)(C)C)c1ccc(C(C)C)c(N2C(=N)SCC2=O)c1. The zero-order valence-electron chi connectivity index (χ0n) is 17.0. The van der Waals surface area contributed by atoms with Gasteiger partial charge in [-0.3, -0.25) is 20.0 Å². The molecule has 0 atom stereocenters. The van der Waals surface area contributed by atoms with Crippen molar-refractivity contribution in [2.75, 3.05) is 22.1 Å². The van der Waals surface area contributed by atoms with Gasteiger partial charge in [0, 0.05) is 12.2 Å². The minimum atomic E-state index is -0.590. The Hall–Kier alpha value is -2.02. The number of rotatable bonds is 5. The van der Waals surface area contributed by atoms with E-state index in [-0.39, 0.29) is 22.7 Å². The summed E-state index contributed by atoms with van der Waals surface area (Å²) in [6.45, 7) is 12.1. The van der Waals surface area contributed by atoms with Gasteiger partial charge >= 0.3 is 6.09 Å². The highest BCUT2D eigenvalue weighted by Crippen LogP contribution is 2.36. The molecule has 0 radical (unpaired) electrons. The Morgan fingerprint density at radius 2 is 2.04 bits per heavy atom. The highest BCUT2D eigenvalue weighted by atomic mass is 32.2. The Balaban J connectivity index is 2.49. The lowest BCUT2D eigenvalue weighted by Gasteiger charge is -2.29. The van der Waals surface area contributed by atoms with Gasteiger partial charge in [0.2, 0.25) is 5.91 Å². The van der Waals surface area contributed by atoms with E-state index in [1.54, 1.807) is 4.90 Å². The summed E-state index contributed by atoms with van der Waals surface area (Å²) in [6, 6.07) is 5.65. The van der Waals surface area contributed by atoms with Gasteiger partial charge in [-0.1, -0.05) is 38.6 Å². The monoisotopic (exact) mass is 391 g/mol. The Labute approximate surface area is 165 Å². The smallest absolute Gasteiger partial charge is 0.414 e. The molecule has 27 heavy (non-hydrogen) atoms. The van der Waals surface area contributed by atoms with Gasteiger partial charge in [0.1, 0.15) is 5.60 Å². The molecule has 0 bridgehead atoms. The molecule has 0 saturated carbocycles. The van der Waals surface area contributed by atoms with Gasteiger partial charge in [0.05, 0.1) is 11.4 Å². The van der Waals surface area contributed by atoms with E-state index in [9.17, 15) is 9.59 Å². The summed E-state index contributed by atoms with van der Waals surface area (Å²) in [5.74, 6) is 0.343. The molecule has 1 aliphatic heterocycles. The van der Waals surface area contributed by atoms with Gasteiger partial charge in [-0.25, -0.2) is 4.79 Å². The number of ether oxygens (including phenoxy) is 1. The molecule has 1 aromatic carbocycles. The van der Waals surface area contributed by atoms with E-state index in [1.807, 2.05) is 59.7 Å². The maximum Gasteiger partial charge on any atom is 0.414 e. The summed E-state index contributed by atoms with van der Waals surface area (Å²) < 4.78 is 5.55. The molecule has 1 N–H and O–H groups in total. The molecule has 1 aliphatic rings. The molecule has 1 saturated heterocycles. The summed E-state index contributed by atoms with van der Waals surface area (Å²) in [7, 11) is 0. The van der Waals surface area contributed by atoms with Crippen LogP contribution in [0, 0.1) is 5.41 Å². The molecule has 1 aromatic rings. The van der Waals surface area contributed by atoms with Crippen LogP contribution in [-0.4, -0.2) is 35.1 Å². The molecule has 2 amide bonds. The van der Waals surface area contributed by atoms with Crippen LogP contribution in [0.3, 0.4) is 0 Å². The molecule has 6 nitrogen and oxygen atoms in total. The van der Waals surface area contributed by atoms with E-state index >= 15 is 0 Å². The van der Waals surface area contributed by atoms with E-state index < -0.39 is 11.7 Å². The van der Waals surface area contributed by atoms with Crippen molar-refractivity contribution in [2.45, 2.75) is 59.5 Å². The summed E-state index contributed by atoms with van der Waals surface area (Å²) in [6.07, 6.45) is 0.360. The third-order valence-electron chi connectivity index (χ3n) is 4.03. The van der Waals surface area contributed by atoms with Crippen LogP contribution >= 0.6 is 11.8 Å². The second-order valence-electron chi connectivity index (χ2n) is 7.85. The number of nitrogens with one attached hydrogen (secondary N) is 1. The van der Waals surface area contributed by atoms with Gasteiger partial charge in [0.15, 0.2) is 5.17 Å². The largest absolute Gasteiger partial charge is 0.443 e. The van der Waals surface area contributed by atoms with Crippen molar-refractivity contribution >= 4 is 40.3 Å². The molecular formula is C20H29N3O3S. The Morgan fingerprint density at radius 3 is 2.52 bits per heavy atom. The highest BCUT2D eigenvalue weighted by Gasteiger charge is 2.32. The first-order valence-corrected chi connectivity index (χ1v) is 10.2. The normalized spacial score (nSPS) is 14.9. The molecule has 0 unspecified atom stereocenters. The van der Waals surface area contributed by atoms with Crippen LogP contribution in [0.25, 0.3) is 0 Å². The maximum absolute atomic E-state index is 12.7. The molecule has 0 aliphatic carbocycles.